The van der Waals surface area contributed by atoms with Crippen LogP contribution in [0.2, 0.25) is 0 Å². The van der Waals surface area contributed by atoms with Gasteiger partial charge in [-0.1, -0.05) is 30.3 Å². The van der Waals surface area contributed by atoms with Gasteiger partial charge in [0.25, 0.3) is 0 Å². The lowest BCUT2D eigenvalue weighted by Gasteiger charge is -2.32. The number of nitrogens with one attached hydrogen (secondary N) is 7. The number of unbranched alkanes of at least 4 members (excludes halogenated alkanes) is 1. The molecule has 8 amide bonds. The molecule has 21 nitrogen and oxygen atoms in total. The summed E-state index contributed by atoms with van der Waals surface area (Å²) < 4.78 is 16.2. The Bertz CT molecular complexity index is 2150. The van der Waals surface area contributed by atoms with Crippen molar-refractivity contribution in [2.24, 2.45) is 0 Å². The number of alkyl carbamates (subject to hydrolysis) is 3. The van der Waals surface area contributed by atoms with E-state index < -0.39 is 89.0 Å². The monoisotopic (exact) mass is 983 g/mol. The van der Waals surface area contributed by atoms with E-state index in [0.29, 0.717) is 36.0 Å². The van der Waals surface area contributed by atoms with E-state index in [4.69, 9.17) is 19.3 Å². The summed E-state index contributed by atoms with van der Waals surface area (Å²) >= 11 is 0. The zero-order valence-electron chi connectivity index (χ0n) is 42.2. The smallest absolute Gasteiger partial charge is 0.408 e. The molecule has 4 bridgehead atoms. The highest BCUT2D eigenvalue weighted by molar-refractivity contribution is 5.94. The summed E-state index contributed by atoms with van der Waals surface area (Å²) in [6.45, 7) is 15.5. The second kappa shape index (κ2) is 26.3. The predicted octanol–water partition coefficient (Wildman–Crippen LogP) is 4.62. The molecule has 0 aromatic heterocycles. The molecular weight excluding hydrogens is 909 g/mol. The molecule has 2 aromatic carbocycles. The molecule has 70 heavy (non-hydrogen) atoms. The first-order chi connectivity index (χ1) is 32.6. The number of amides is 8. The molecule has 1 aliphatic heterocycles. The van der Waals surface area contributed by atoms with Crippen molar-refractivity contribution in [2.75, 3.05) is 33.2 Å². The van der Waals surface area contributed by atoms with Gasteiger partial charge in [-0.25, -0.2) is 19.2 Å². The molecule has 0 saturated heterocycles. The number of carbonyl (C=O) groups is 8. The quantitative estimate of drug-likeness (QED) is 0.0774. The fourth-order valence-corrected chi connectivity index (χ4v) is 7.27. The third-order valence-corrected chi connectivity index (χ3v) is 10.4. The Hall–Kier alpha value is -6.80. The molecule has 4 atom stereocenters. The Kier molecular flexibility index (Phi) is 21.6. The Labute approximate surface area is 410 Å². The lowest BCUT2D eigenvalue weighted by atomic mass is 9.95. The lowest BCUT2D eigenvalue weighted by molar-refractivity contribution is -0.142. The zero-order valence-corrected chi connectivity index (χ0v) is 42.2. The van der Waals surface area contributed by atoms with Crippen molar-refractivity contribution in [2.45, 2.75) is 155 Å². The normalized spacial score (nSPS) is 17.0. The standard InChI is InChI=1S/C49H74N8O13/c1-47(2,3)68-44(65)53-22-14-18-35-42(62)57(10)37(41(61)51-21-12-11-17-34(54-45(66)69-48(4,5)6)29-39(59)50-23-24-52-43(63)64)26-30-15-13-16-31(25-30)32-19-20-38(58)33(27-32)28-36(40(60)55-35)56-46(67)70-49(7,8)9/h13,15-16,19-20,25,27,34-37,52,58H,11-12,14,17-18,21-24,26,28-29H2,1-10H3,(H,50,59)(H,51,61)(H,53,65)(H,54,66)(H,55,60)(H,56,67)(H,63,64)/t34-,35-,36-,37-/m0/s1. The highest BCUT2D eigenvalue weighted by Gasteiger charge is 2.35. The molecule has 0 fully saturated rings. The number of carbonyl (C=O) groups excluding carboxylic acids is 7. The molecule has 0 spiro atoms. The van der Waals surface area contributed by atoms with E-state index in [1.807, 2.05) is 18.2 Å². The summed E-state index contributed by atoms with van der Waals surface area (Å²) in [5, 5.41) is 38.3. The maximum atomic E-state index is 14.7. The van der Waals surface area contributed by atoms with E-state index in [1.165, 1.54) is 18.0 Å². The molecule has 388 valence electrons. The molecular formula is C49H74N8O13. The number of likely N-dealkylation sites (N-methyl/N-ethyl adjacent to an activating group) is 1. The molecule has 1 heterocycles. The molecule has 0 radical (unpaired) electrons. The molecule has 1 aliphatic rings. The minimum atomic E-state index is -1.35. The lowest BCUT2D eigenvalue weighted by Crippen LogP contribution is -2.58. The van der Waals surface area contributed by atoms with Crippen LogP contribution < -0.4 is 37.2 Å². The molecule has 9 N–H and O–H groups in total. The maximum Gasteiger partial charge on any atom is 0.408 e. The van der Waals surface area contributed by atoms with Gasteiger partial charge in [0, 0.05) is 58.5 Å². The van der Waals surface area contributed by atoms with Crippen LogP contribution in [-0.4, -0.2) is 137 Å². The second-order valence-corrected chi connectivity index (χ2v) is 20.2. The van der Waals surface area contributed by atoms with Crippen LogP contribution in [0.4, 0.5) is 19.2 Å². The van der Waals surface area contributed by atoms with Crippen LogP contribution in [0, 0.1) is 0 Å². The fourth-order valence-electron chi connectivity index (χ4n) is 7.27. The molecule has 3 rings (SSSR count). The summed E-state index contributed by atoms with van der Waals surface area (Å²) in [4.78, 5) is 106. The largest absolute Gasteiger partial charge is 0.508 e. The first-order valence-corrected chi connectivity index (χ1v) is 23.5. The predicted molar refractivity (Wildman–Crippen MR) is 260 cm³/mol. The second-order valence-electron chi connectivity index (χ2n) is 20.2. The number of phenols is 1. The number of hydrogen-bond acceptors (Lipinski definition) is 12. The van der Waals surface area contributed by atoms with Gasteiger partial charge in [0.15, 0.2) is 0 Å². The van der Waals surface area contributed by atoms with Crippen LogP contribution in [-0.2, 0) is 46.2 Å². The van der Waals surface area contributed by atoms with Crippen molar-refractivity contribution in [3.8, 4) is 16.9 Å². The number of rotatable bonds is 17. The Morgan fingerprint density at radius 1 is 0.729 bits per heavy atom. The number of benzene rings is 2. The van der Waals surface area contributed by atoms with E-state index in [-0.39, 0.29) is 64.0 Å². The zero-order chi connectivity index (χ0) is 52.4. The van der Waals surface area contributed by atoms with Gasteiger partial charge in [0.05, 0.1) is 0 Å². The van der Waals surface area contributed by atoms with Crippen molar-refractivity contribution >= 4 is 48.0 Å². The van der Waals surface area contributed by atoms with Crippen LogP contribution in [0.5, 0.6) is 5.75 Å². The number of hydrogen-bond donors (Lipinski definition) is 9. The summed E-state index contributed by atoms with van der Waals surface area (Å²) in [6.07, 6.45) is -2.46. The Morgan fingerprint density at radius 3 is 2.00 bits per heavy atom. The van der Waals surface area contributed by atoms with E-state index in [0.717, 1.165) is 5.56 Å². The summed E-state index contributed by atoms with van der Waals surface area (Å²) in [5.41, 5.74) is -0.0617. The number of aromatic hydroxyl groups is 1. The number of phenolic OH excluding ortho intramolecular Hbond substituents is 1. The van der Waals surface area contributed by atoms with E-state index in [1.54, 1.807) is 80.5 Å². The average Bonchev–Trinajstić information content (AvgIpc) is 3.22. The van der Waals surface area contributed by atoms with Crippen molar-refractivity contribution < 1.29 is 62.8 Å². The molecule has 0 unspecified atom stereocenters. The van der Waals surface area contributed by atoms with Crippen LogP contribution in [0.25, 0.3) is 11.1 Å². The van der Waals surface area contributed by atoms with Gasteiger partial charge in [0.2, 0.25) is 23.6 Å². The van der Waals surface area contributed by atoms with E-state index >= 15 is 0 Å². The summed E-state index contributed by atoms with van der Waals surface area (Å²) in [7, 11) is 1.46. The minimum Gasteiger partial charge on any atom is -0.508 e. The van der Waals surface area contributed by atoms with E-state index in [2.05, 4.69) is 37.2 Å². The van der Waals surface area contributed by atoms with Crippen LogP contribution in [0.1, 0.15) is 112 Å². The highest BCUT2D eigenvalue weighted by atomic mass is 16.6. The average molecular weight is 983 g/mol. The minimum absolute atomic E-state index is 0.00613. The number of ether oxygens (including phenoxy) is 3. The van der Waals surface area contributed by atoms with Crippen molar-refractivity contribution in [1.29, 1.82) is 0 Å². The Morgan fingerprint density at radius 2 is 1.34 bits per heavy atom. The molecule has 21 heteroatoms. The van der Waals surface area contributed by atoms with Gasteiger partial charge in [-0.2, -0.15) is 0 Å². The van der Waals surface area contributed by atoms with Gasteiger partial charge in [-0.15, -0.1) is 0 Å². The van der Waals surface area contributed by atoms with Crippen LogP contribution in [0.15, 0.2) is 42.5 Å². The first kappa shape index (κ1) is 57.5. The first-order valence-electron chi connectivity index (χ1n) is 23.5. The maximum absolute atomic E-state index is 14.7. The van der Waals surface area contributed by atoms with Crippen molar-refractivity contribution in [3.05, 3.63) is 53.6 Å². The third-order valence-electron chi connectivity index (χ3n) is 10.4. The third kappa shape index (κ3) is 21.7. The van der Waals surface area contributed by atoms with Gasteiger partial charge >= 0.3 is 24.4 Å². The van der Waals surface area contributed by atoms with Crippen LogP contribution in [0.3, 0.4) is 0 Å². The van der Waals surface area contributed by atoms with Gasteiger partial charge in [-0.3, -0.25) is 19.2 Å². The number of fused-ring (bicyclic) bond motifs is 5. The molecule has 0 saturated carbocycles. The van der Waals surface area contributed by atoms with Gasteiger partial charge in [0.1, 0.15) is 40.7 Å². The summed E-state index contributed by atoms with van der Waals surface area (Å²) in [5.74, 6) is -2.46. The fraction of sp³-hybridized carbons (Fsp3) is 0.592. The van der Waals surface area contributed by atoms with Gasteiger partial charge < -0.3 is 66.5 Å². The topological polar surface area (TPSA) is 292 Å². The van der Waals surface area contributed by atoms with Crippen molar-refractivity contribution in [1.82, 2.24) is 42.1 Å². The van der Waals surface area contributed by atoms with Crippen molar-refractivity contribution in [3.63, 3.8) is 0 Å². The molecule has 2 aromatic rings. The molecule has 0 aliphatic carbocycles. The van der Waals surface area contributed by atoms with E-state index in [9.17, 15) is 43.5 Å². The highest BCUT2D eigenvalue weighted by Crippen LogP contribution is 2.29. The van der Waals surface area contributed by atoms with Gasteiger partial charge in [-0.05, 0) is 129 Å². The summed E-state index contributed by atoms with van der Waals surface area (Å²) in [6, 6.07) is 7.84. The number of carboxylic acid groups (broad SMARTS) is 1. The van der Waals surface area contributed by atoms with Crippen LogP contribution >= 0.6 is 0 Å². The Balaban J connectivity index is 1.93. The SMILES string of the molecule is CN1C(=O)[C@H](CCCNC(=O)OC(C)(C)C)NC(=O)[C@@H](NC(=O)OC(C)(C)C)Cc2cc(ccc2O)-c2cccc(c2)C[C@H]1C(=O)NCCCC[C@@H](CC(=O)NCCNC(=O)O)NC(=O)OC(C)(C)C. The number of nitrogens with zero attached hydrogens (tertiary/aromatic N) is 1.